The monoisotopic (exact) mass is 200 g/mol. The van der Waals surface area contributed by atoms with Crippen molar-refractivity contribution in [1.82, 2.24) is 10.2 Å². The van der Waals surface area contributed by atoms with Gasteiger partial charge in [-0.2, -0.15) is 0 Å². The van der Waals surface area contributed by atoms with Crippen molar-refractivity contribution in [2.24, 2.45) is 5.92 Å². The number of carboxylic acid groups (broad SMARTS) is 1. The first-order chi connectivity index (χ1) is 6.59. The van der Waals surface area contributed by atoms with Gasteiger partial charge in [0.2, 0.25) is 0 Å². The SMILES string of the molecule is CN1CCC(CCNC(=O)C(=O)O)C1. The molecule has 0 radical (unpaired) electrons. The summed E-state index contributed by atoms with van der Waals surface area (Å²) >= 11 is 0. The lowest BCUT2D eigenvalue weighted by Gasteiger charge is -2.09. The Kier molecular flexibility index (Phi) is 3.88. The first kappa shape index (κ1) is 11.0. The topological polar surface area (TPSA) is 69.6 Å². The van der Waals surface area contributed by atoms with E-state index in [2.05, 4.69) is 17.3 Å². The van der Waals surface area contributed by atoms with Crippen LogP contribution in [0.5, 0.6) is 0 Å². The van der Waals surface area contributed by atoms with Gasteiger partial charge in [-0.1, -0.05) is 0 Å². The summed E-state index contributed by atoms with van der Waals surface area (Å²) in [6.45, 7) is 2.60. The van der Waals surface area contributed by atoms with E-state index in [-0.39, 0.29) is 0 Å². The van der Waals surface area contributed by atoms with Gasteiger partial charge in [0.25, 0.3) is 0 Å². The zero-order valence-corrected chi connectivity index (χ0v) is 8.32. The van der Waals surface area contributed by atoms with Crippen LogP contribution in [0.3, 0.4) is 0 Å². The summed E-state index contributed by atoms with van der Waals surface area (Å²) in [5.41, 5.74) is 0. The zero-order valence-electron chi connectivity index (χ0n) is 8.32. The normalized spacial score (nSPS) is 22.2. The van der Waals surface area contributed by atoms with Crippen LogP contribution in [0.4, 0.5) is 0 Å². The molecule has 1 aliphatic heterocycles. The Morgan fingerprint density at radius 2 is 2.29 bits per heavy atom. The Balaban J connectivity index is 2.10. The van der Waals surface area contributed by atoms with Gasteiger partial charge in [0, 0.05) is 13.1 Å². The van der Waals surface area contributed by atoms with E-state index in [1.165, 1.54) is 0 Å². The van der Waals surface area contributed by atoms with Gasteiger partial charge in [-0.15, -0.1) is 0 Å². The van der Waals surface area contributed by atoms with Gasteiger partial charge in [0.05, 0.1) is 0 Å². The van der Waals surface area contributed by atoms with E-state index >= 15 is 0 Å². The van der Waals surface area contributed by atoms with Crippen LogP contribution in [0, 0.1) is 5.92 Å². The van der Waals surface area contributed by atoms with E-state index < -0.39 is 11.9 Å². The second-order valence-corrected chi connectivity index (χ2v) is 3.77. The molecule has 1 saturated heterocycles. The summed E-state index contributed by atoms with van der Waals surface area (Å²) in [6.07, 6.45) is 2.00. The number of carbonyl (C=O) groups is 2. The lowest BCUT2D eigenvalue weighted by Crippen LogP contribution is -2.32. The van der Waals surface area contributed by atoms with Crippen molar-refractivity contribution in [2.45, 2.75) is 12.8 Å². The molecule has 5 heteroatoms. The van der Waals surface area contributed by atoms with Gasteiger partial charge < -0.3 is 15.3 Å². The van der Waals surface area contributed by atoms with E-state index in [1.54, 1.807) is 0 Å². The predicted molar refractivity (Wildman–Crippen MR) is 50.9 cm³/mol. The molecule has 80 valence electrons. The van der Waals surface area contributed by atoms with Crippen LogP contribution >= 0.6 is 0 Å². The van der Waals surface area contributed by atoms with Crippen molar-refractivity contribution in [3.63, 3.8) is 0 Å². The summed E-state index contributed by atoms with van der Waals surface area (Å²) < 4.78 is 0. The summed E-state index contributed by atoms with van der Waals surface area (Å²) in [4.78, 5) is 23.1. The second-order valence-electron chi connectivity index (χ2n) is 3.77. The minimum atomic E-state index is -1.41. The number of rotatable bonds is 3. The molecule has 1 aliphatic rings. The molecule has 14 heavy (non-hydrogen) atoms. The van der Waals surface area contributed by atoms with E-state index in [1.807, 2.05) is 0 Å². The fraction of sp³-hybridized carbons (Fsp3) is 0.778. The van der Waals surface area contributed by atoms with Crippen LogP contribution in [0.25, 0.3) is 0 Å². The molecular formula is C9H16N2O3. The third kappa shape index (κ3) is 3.33. The van der Waals surface area contributed by atoms with E-state index in [0.717, 1.165) is 25.9 Å². The summed E-state index contributed by atoms with van der Waals surface area (Å²) in [5, 5.41) is 10.7. The molecule has 0 spiro atoms. The van der Waals surface area contributed by atoms with Gasteiger partial charge >= 0.3 is 11.9 Å². The van der Waals surface area contributed by atoms with Crippen LogP contribution in [-0.4, -0.2) is 48.6 Å². The molecule has 0 aromatic carbocycles. The van der Waals surface area contributed by atoms with Crippen molar-refractivity contribution in [1.29, 1.82) is 0 Å². The third-order valence-corrected chi connectivity index (χ3v) is 2.52. The molecule has 1 fully saturated rings. The Labute approximate surface area is 83.1 Å². The highest BCUT2D eigenvalue weighted by molar-refractivity contribution is 6.31. The standard InChI is InChI=1S/C9H16N2O3/c1-11-5-3-7(6-11)2-4-10-8(12)9(13)14/h7H,2-6H2,1H3,(H,10,12)(H,13,14). The first-order valence-electron chi connectivity index (χ1n) is 4.79. The quantitative estimate of drug-likeness (QED) is 0.604. The fourth-order valence-electron chi connectivity index (χ4n) is 1.73. The molecule has 1 atom stereocenters. The van der Waals surface area contributed by atoms with Crippen LogP contribution in [0.15, 0.2) is 0 Å². The molecule has 2 N–H and O–H groups in total. The Morgan fingerprint density at radius 3 is 2.79 bits per heavy atom. The molecule has 0 bridgehead atoms. The molecule has 0 saturated carbocycles. The summed E-state index contributed by atoms with van der Waals surface area (Å²) in [7, 11) is 2.07. The third-order valence-electron chi connectivity index (χ3n) is 2.52. The molecule has 0 aromatic rings. The zero-order chi connectivity index (χ0) is 10.6. The molecule has 0 aliphatic carbocycles. The van der Waals surface area contributed by atoms with Crippen LogP contribution < -0.4 is 5.32 Å². The molecule has 1 unspecified atom stereocenters. The minimum Gasteiger partial charge on any atom is -0.474 e. The van der Waals surface area contributed by atoms with Gasteiger partial charge in [-0.3, -0.25) is 4.79 Å². The summed E-state index contributed by atoms with van der Waals surface area (Å²) in [5.74, 6) is -1.72. The Morgan fingerprint density at radius 1 is 1.57 bits per heavy atom. The van der Waals surface area contributed by atoms with Crippen molar-refractivity contribution in [3.05, 3.63) is 0 Å². The molecular weight excluding hydrogens is 184 g/mol. The number of likely N-dealkylation sites (tertiary alicyclic amines) is 1. The smallest absolute Gasteiger partial charge is 0.394 e. The molecule has 1 heterocycles. The number of amides is 1. The fourth-order valence-corrected chi connectivity index (χ4v) is 1.73. The lowest BCUT2D eigenvalue weighted by molar-refractivity contribution is -0.150. The van der Waals surface area contributed by atoms with Crippen molar-refractivity contribution < 1.29 is 14.7 Å². The average molecular weight is 200 g/mol. The lowest BCUT2D eigenvalue weighted by atomic mass is 10.1. The van der Waals surface area contributed by atoms with Crippen LogP contribution in [-0.2, 0) is 9.59 Å². The van der Waals surface area contributed by atoms with Gasteiger partial charge in [0.1, 0.15) is 0 Å². The Hall–Kier alpha value is -1.10. The van der Waals surface area contributed by atoms with Gasteiger partial charge in [0.15, 0.2) is 0 Å². The predicted octanol–water partition coefficient (Wildman–Crippen LogP) is -0.471. The average Bonchev–Trinajstić information content (AvgIpc) is 2.51. The van der Waals surface area contributed by atoms with Crippen LogP contribution in [0.1, 0.15) is 12.8 Å². The number of carboxylic acids is 1. The highest BCUT2D eigenvalue weighted by Crippen LogP contribution is 2.16. The minimum absolute atomic E-state index is 0.462. The molecule has 5 nitrogen and oxygen atoms in total. The van der Waals surface area contributed by atoms with Crippen molar-refractivity contribution >= 4 is 11.9 Å². The number of nitrogens with one attached hydrogen (secondary N) is 1. The number of nitrogens with zero attached hydrogens (tertiary/aromatic N) is 1. The first-order valence-corrected chi connectivity index (χ1v) is 4.79. The highest BCUT2D eigenvalue weighted by atomic mass is 16.4. The molecule has 0 aromatic heterocycles. The second kappa shape index (κ2) is 4.95. The summed E-state index contributed by atoms with van der Waals surface area (Å²) in [6, 6.07) is 0. The van der Waals surface area contributed by atoms with Crippen LogP contribution in [0.2, 0.25) is 0 Å². The number of carbonyl (C=O) groups excluding carboxylic acids is 1. The molecule has 1 amide bonds. The number of aliphatic carboxylic acids is 1. The number of hydrogen-bond donors (Lipinski definition) is 2. The van der Waals surface area contributed by atoms with E-state index in [4.69, 9.17) is 5.11 Å². The Bertz CT molecular complexity index is 230. The maximum absolute atomic E-state index is 10.7. The maximum Gasteiger partial charge on any atom is 0.394 e. The largest absolute Gasteiger partial charge is 0.474 e. The van der Waals surface area contributed by atoms with Crippen molar-refractivity contribution in [2.75, 3.05) is 26.7 Å². The van der Waals surface area contributed by atoms with Gasteiger partial charge in [-0.05, 0) is 32.4 Å². The van der Waals surface area contributed by atoms with E-state index in [0.29, 0.717) is 12.5 Å². The maximum atomic E-state index is 10.7. The van der Waals surface area contributed by atoms with E-state index in [9.17, 15) is 9.59 Å². The number of hydrogen-bond acceptors (Lipinski definition) is 3. The van der Waals surface area contributed by atoms with Crippen molar-refractivity contribution in [3.8, 4) is 0 Å². The molecule has 1 rings (SSSR count). The van der Waals surface area contributed by atoms with Gasteiger partial charge in [-0.25, -0.2) is 4.79 Å². The highest BCUT2D eigenvalue weighted by Gasteiger charge is 2.19.